The zero-order chi connectivity index (χ0) is 21.3. The summed E-state index contributed by atoms with van der Waals surface area (Å²) in [7, 11) is 1.58. The molecule has 1 N–H and O–H groups in total. The highest BCUT2D eigenvalue weighted by Crippen LogP contribution is 2.35. The number of hydrogen-bond acceptors (Lipinski definition) is 7. The van der Waals surface area contributed by atoms with Crippen molar-refractivity contribution in [3.8, 4) is 17.6 Å². The maximum atomic E-state index is 14.5. The Morgan fingerprint density at radius 3 is 2.93 bits per heavy atom. The lowest BCUT2D eigenvalue weighted by molar-refractivity contribution is 0.349. The fourth-order valence-corrected chi connectivity index (χ4v) is 3.94. The minimum atomic E-state index is -0.878. The Hall–Kier alpha value is -3.16. The number of ether oxygens (including phenoxy) is 1. The van der Waals surface area contributed by atoms with Crippen molar-refractivity contribution in [2.75, 3.05) is 17.8 Å². The van der Waals surface area contributed by atoms with Crippen molar-refractivity contribution in [2.45, 2.75) is 12.6 Å². The molecule has 0 amide bonds. The topological polar surface area (TPSA) is 83.2 Å². The smallest absolute Gasteiger partial charge is 0.261 e. The summed E-state index contributed by atoms with van der Waals surface area (Å²) in [5.41, 5.74) is 0.530. The van der Waals surface area contributed by atoms with E-state index < -0.39 is 12.0 Å². The Labute approximate surface area is 175 Å². The third kappa shape index (κ3) is 3.94. The highest BCUT2D eigenvalue weighted by molar-refractivity contribution is 7.98. The monoisotopic (exact) mass is 429 g/mol. The van der Waals surface area contributed by atoms with Gasteiger partial charge < -0.3 is 14.0 Å². The van der Waals surface area contributed by atoms with Crippen LogP contribution in [0.15, 0.2) is 41.5 Å². The zero-order valence-corrected chi connectivity index (χ0v) is 16.7. The molecular formula is C20H17F2N5O2S. The molecule has 1 aliphatic heterocycles. The molecular weight excluding hydrogens is 412 g/mol. The van der Waals surface area contributed by atoms with Gasteiger partial charge in [-0.2, -0.15) is 5.26 Å². The molecule has 0 radical (unpaired) electrons. The SMILES string of the molecule is Cn1cnc2ccc(Oc3c(F)ccc(NSN4CCC(F)C4)c3C#N)cc2c1=O. The molecule has 2 heterocycles. The van der Waals surface area contributed by atoms with Gasteiger partial charge in [-0.05, 0) is 36.8 Å². The number of fused-ring (bicyclic) bond motifs is 1. The van der Waals surface area contributed by atoms with Gasteiger partial charge in [-0.1, -0.05) is 0 Å². The molecule has 1 fully saturated rings. The van der Waals surface area contributed by atoms with Gasteiger partial charge in [0.15, 0.2) is 11.6 Å². The standard InChI is InChI=1S/C20H17F2N5O2S/c1-26-11-24-17-4-2-13(8-14(17)20(26)28)29-19-15(9-23)18(5-3-16(19)22)25-30-27-7-6-12(21)10-27/h2-5,8,11-12,25H,6-7,10H2,1H3. The maximum absolute atomic E-state index is 14.5. The highest BCUT2D eigenvalue weighted by Gasteiger charge is 2.23. The summed E-state index contributed by atoms with van der Waals surface area (Å²) in [6.07, 6.45) is 0.988. The molecule has 154 valence electrons. The van der Waals surface area contributed by atoms with E-state index in [1.807, 2.05) is 6.07 Å². The fraction of sp³-hybridized carbons (Fsp3) is 0.250. The summed E-state index contributed by atoms with van der Waals surface area (Å²) in [6.45, 7) is 0.857. The van der Waals surface area contributed by atoms with E-state index in [2.05, 4.69) is 9.71 Å². The second-order valence-corrected chi connectivity index (χ2v) is 7.72. The number of nitrogens with one attached hydrogen (secondary N) is 1. The van der Waals surface area contributed by atoms with Crippen LogP contribution < -0.4 is 15.0 Å². The van der Waals surface area contributed by atoms with E-state index in [9.17, 15) is 18.8 Å². The predicted octanol–water partition coefficient (Wildman–Crippen LogP) is 3.76. The molecule has 2 aromatic carbocycles. The molecule has 4 rings (SSSR count). The molecule has 7 nitrogen and oxygen atoms in total. The van der Waals surface area contributed by atoms with Crippen LogP contribution in [-0.2, 0) is 7.05 Å². The summed E-state index contributed by atoms with van der Waals surface area (Å²) in [5, 5.41) is 9.92. The second kappa shape index (κ2) is 8.30. The van der Waals surface area contributed by atoms with E-state index >= 15 is 0 Å². The van der Waals surface area contributed by atoms with Crippen molar-refractivity contribution in [3.05, 3.63) is 58.4 Å². The largest absolute Gasteiger partial charge is 0.453 e. The summed E-state index contributed by atoms with van der Waals surface area (Å²) < 4.78 is 39.6. The lowest BCUT2D eigenvalue weighted by atomic mass is 10.1. The van der Waals surface area contributed by atoms with Crippen LogP contribution in [0.25, 0.3) is 10.9 Å². The van der Waals surface area contributed by atoms with Crippen molar-refractivity contribution < 1.29 is 13.5 Å². The molecule has 1 unspecified atom stereocenters. The van der Waals surface area contributed by atoms with Crippen molar-refractivity contribution in [1.82, 2.24) is 13.9 Å². The summed E-state index contributed by atoms with van der Waals surface area (Å²) in [4.78, 5) is 16.5. The van der Waals surface area contributed by atoms with Crippen LogP contribution in [0.2, 0.25) is 0 Å². The lowest BCUT2D eigenvalue weighted by Crippen LogP contribution is -2.16. The van der Waals surface area contributed by atoms with Crippen LogP contribution in [0.4, 0.5) is 14.5 Å². The molecule has 1 atom stereocenters. The first-order valence-corrected chi connectivity index (χ1v) is 9.91. The first-order chi connectivity index (χ1) is 14.5. The van der Waals surface area contributed by atoms with Gasteiger partial charge in [0.25, 0.3) is 5.56 Å². The van der Waals surface area contributed by atoms with E-state index in [1.165, 1.54) is 29.1 Å². The maximum Gasteiger partial charge on any atom is 0.261 e. The number of aromatic nitrogens is 2. The Kier molecular flexibility index (Phi) is 5.57. The third-order valence-corrected chi connectivity index (χ3v) is 5.61. The number of nitriles is 1. The molecule has 0 saturated carbocycles. The summed E-state index contributed by atoms with van der Waals surface area (Å²) >= 11 is 1.16. The van der Waals surface area contributed by atoms with Crippen LogP contribution in [0.5, 0.6) is 11.5 Å². The van der Waals surface area contributed by atoms with Gasteiger partial charge in [0, 0.05) is 32.3 Å². The molecule has 0 spiro atoms. The number of benzene rings is 2. The van der Waals surface area contributed by atoms with Gasteiger partial charge >= 0.3 is 0 Å². The molecule has 1 aromatic heterocycles. The van der Waals surface area contributed by atoms with Crippen LogP contribution in [0.1, 0.15) is 12.0 Å². The minimum absolute atomic E-state index is 0.0299. The number of nitrogens with zero attached hydrogens (tertiary/aromatic N) is 4. The normalized spacial score (nSPS) is 16.5. The van der Waals surface area contributed by atoms with E-state index in [1.54, 1.807) is 23.5 Å². The molecule has 1 saturated heterocycles. The Morgan fingerprint density at radius 1 is 1.37 bits per heavy atom. The van der Waals surface area contributed by atoms with E-state index in [-0.39, 0.29) is 29.2 Å². The summed E-state index contributed by atoms with van der Waals surface area (Å²) in [6, 6.07) is 9.17. The number of aryl methyl sites for hydroxylation is 1. The second-order valence-electron chi connectivity index (χ2n) is 6.82. The van der Waals surface area contributed by atoms with Crippen LogP contribution in [-0.4, -0.2) is 33.1 Å². The Balaban J connectivity index is 1.64. The van der Waals surface area contributed by atoms with Gasteiger partial charge in [-0.15, -0.1) is 0 Å². The van der Waals surface area contributed by atoms with Crippen LogP contribution >= 0.6 is 12.1 Å². The third-order valence-electron chi connectivity index (χ3n) is 4.71. The quantitative estimate of drug-likeness (QED) is 0.619. The number of anilines is 1. The van der Waals surface area contributed by atoms with E-state index in [0.29, 0.717) is 29.6 Å². The molecule has 1 aliphatic rings. The van der Waals surface area contributed by atoms with Gasteiger partial charge in [0.05, 0.1) is 22.9 Å². The average Bonchev–Trinajstić information content (AvgIpc) is 3.16. The summed E-state index contributed by atoms with van der Waals surface area (Å²) in [5.74, 6) is -0.771. The van der Waals surface area contributed by atoms with Crippen molar-refractivity contribution in [1.29, 1.82) is 5.26 Å². The zero-order valence-electron chi connectivity index (χ0n) is 15.9. The van der Waals surface area contributed by atoms with Gasteiger partial charge in [-0.3, -0.25) is 4.79 Å². The highest BCUT2D eigenvalue weighted by atomic mass is 32.2. The predicted molar refractivity (Wildman–Crippen MR) is 110 cm³/mol. The molecule has 3 aromatic rings. The van der Waals surface area contributed by atoms with Crippen LogP contribution in [0.3, 0.4) is 0 Å². The number of rotatable bonds is 5. The fourth-order valence-electron chi connectivity index (χ4n) is 3.11. The lowest BCUT2D eigenvalue weighted by Gasteiger charge is -2.17. The van der Waals surface area contributed by atoms with Gasteiger partial charge in [0.1, 0.15) is 23.6 Å². The van der Waals surface area contributed by atoms with E-state index in [4.69, 9.17) is 4.74 Å². The van der Waals surface area contributed by atoms with Crippen molar-refractivity contribution in [2.24, 2.45) is 7.05 Å². The Bertz CT molecular complexity index is 1210. The van der Waals surface area contributed by atoms with Crippen molar-refractivity contribution >= 4 is 28.7 Å². The van der Waals surface area contributed by atoms with Crippen molar-refractivity contribution in [3.63, 3.8) is 0 Å². The van der Waals surface area contributed by atoms with Crippen LogP contribution in [0, 0.1) is 17.1 Å². The number of alkyl halides is 1. The van der Waals surface area contributed by atoms with Gasteiger partial charge in [-0.25, -0.2) is 18.1 Å². The Morgan fingerprint density at radius 2 is 2.20 bits per heavy atom. The minimum Gasteiger partial charge on any atom is -0.453 e. The first kappa shape index (κ1) is 20.1. The number of hydrogen-bond donors (Lipinski definition) is 1. The van der Waals surface area contributed by atoms with Gasteiger partial charge in [0.2, 0.25) is 0 Å². The molecule has 0 bridgehead atoms. The average molecular weight is 429 g/mol. The van der Waals surface area contributed by atoms with E-state index in [0.717, 1.165) is 12.1 Å². The molecule has 30 heavy (non-hydrogen) atoms. The molecule has 0 aliphatic carbocycles. The molecule has 10 heteroatoms. The number of halogens is 2. The first-order valence-electron chi connectivity index (χ1n) is 9.14.